The highest BCUT2D eigenvalue weighted by atomic mass is 15.0. The van der Waals surface area contributed by atoms with Gasteiger partial charge in [0.2, 0.25) is 0 Å². The molecule has 0 radical (unpaired) electrons. The van der Waals surface area contributed by atoms with E-state index in [1.54, 1.807) is 0 Å². The predicted molar refractivity (Wildman–Crippen MR) is 184 cm³/mol. The second-order valence-corrected chi connectivity index (χ2v) is 11.2. The number of nitrogens with zero attached hydrogens (tertiary/aromatic N) is 3. The first-order valence-electron chi connectivity index (χ1n) is 15.0. The highest BCUT2D eigenvalue weighted by Gasteiger charge is 2.20. The number of pyridine rings is 1. The molecule has 0 spiro atoms. The maximum absolute atomic E-state index is 4.53. The van der Waals surface area contributed by atoms with Gasteiger partial charge in [-0.3, -0.25) is 4.98 Å². The summed E-state index contributed by atoms with van der Waals surface area (Å²) in [5.74, 6) is 0. The van der Waals surface area contributed by atoms with Gasteiger partial charge >= 0.3 is 0 Å². The molecule has 0 bridgehead atoms. The minimum atomic E-state index is 1.11. The summed E-state index contributed by atoms with van der Waals surface area (Å²) in [7, 11) is 0. The molecule has 0 saturated carbocycles. The van der Waals surface area contributed by atoms with Gasteiger partial charge in [-0.25, -0.2) is 0 Å². The van der Waals surface area contributed by atoms with Gasteiger partial charge in [0.05, 0.1) is 28.3 Å². The minimum absolute atomic E-state index is 1.11. The molecular weight excluding hydrogens is 534 g/mol. The van der Waals surface area contributed by atoms with Crippen molar-refractivity contribution in [2.45, 2.75) is 0 Å². The molecule has 44 heavy (non-hydrogen) atoms. The second-order valence-electron chi connectivity index (χ2n) is 11.2. The topological polar surface area (TPSA) is 22.8 Å². The zero-order valence-corrected chi connectivity index (χ0v) is 23.9. The first-order valence-corrected chi connectivity index (χ1v) is 15.0. The first kappa shape index (κ1) is 24.6. The third kappa shape index (κ3) is 3.66. The van der Waals surface area contributed by atoms with Crippen LogP contribution >= 0.6 is 0 Å². The van der Waals surface area contributed by atoms with Gasteiger partial charge in [0.25, 0.3) is 0 Å². The van der Waals surface area contributed by atoms with Crippen molar-refractivity contribution >= 4 is 43.6 Å². The lowest BCUT2D eigenvalue weighted by atomic mass is 9.97. The van der Waals surface area contributed by atoms with Crippen molar-refractivity contribution in [2.24, 2.45) is 0 Å². The Labute approximate surface area is 254 Å². The van der Waals surface area contributed by atoms with Crippen molar-refractivity contribution in [1.29, 1.82) is 0 Å². The molecule has 0 atom stereocenters. The molecule has 3 nitrogen and oxygen atoms in total. The van der Waals surface area contributed by atoms with Crippen LogP contribution in [0.3, 0.4) is 0 Å². The van der Waals surface area contributed by atoms with Gasteiger partial charge in [-0.05, 0) is 59.2 Å². The molecule has 0 amide bonds. The molecule has 0 aliphatic heterocycles. The highest BCUT2D eigenvalue weighted by Crippen LogP contribution is 2.43. The largest absolute Gasteiger partial charge is 0.309 e. The summed E-state index contributed by atoms with van der Waals surface area (Å²) in [6.45, 7) is 0. The minimum Gasteiger partial charge on any atom is -0.309 e. The maximum Gasteiger partial charge on any atom is 0.0724 e. The Kier molecular flexibility index (Phi) is 5.50. The SMILES string of the molecule is c1ccc(-c2ccc(-n3c4ccccc4c4c(-c5cccc6c7ccncc7n(-c7ccccc7)c56)cccc43)cc2)cc1. The van der Waals surface area contributed by atoms with Gasteiger partial charge in [-0.15, -0.1) is 0 Å². The fraction of sp³-hybridized carbons (Fsp3) is 0. The molecule has 3 aromatic heterocycles. The molecule has 3 heteroatoms. The van der Waals surface area contributed by atoms with E-state index in [2.05, 4.69) is 166 Å². The van der Waals surface area contributed by atoms with Crippen LogP contribution in [0.15, 0.2) is 164 Å². The van der Waals surface area contributed by atoms with E-state index in [4.69, 9.17) is 0 Å². The fourth-order valence-corrected chi connectivity index (χ4v) is 6.93. The Morgan fingerprint density at radius 3 is 1.86 bits per heavy atom. The summed E-state index contributed by atoms with van der Waals surface area (Å²) >= 11 is 0. The normalized spacial score (nSPS) is 11.6. The Morgan fingerprint density at radius 2 is 1.02 bits per heavy atom. The van der Waals surface area contributed by atoms with Crippen molar-refractivity contribution in [2.75, 3.05) is 0 Å². The van der Waals surface area contributed by atoms with Crippen molar-refractivity contribution < 1.29 is 0 Å². The smallest absolute Gasteiger partial charge is 0.0724 e. The van der Waals surface area contributed by atoms with Gasteiger partial charge < -0.3 is 9.13 Å². The predicted octanol–water partition coefficient (Wildman–Crippen LogP) is 10.6. The Morgan fingerprint density at radius 1 is 0.386 bits per heavy atom. The number of hydrogen-bond donors (Lipinski definition) is 0. The van der Waals surface area contributed by atoms with E-state index in [0.717, 1.165) is 16.9 Å². The van der Waals surface area contributed by atoms with Crippen LogP contribution in [0.1, 0.15) is 0 Å². The van der Waals surface area contributed by atoms with Gasteiger partial charge in [0, 0.05) is 44.7 Å². The molecule has 206 valence electrons. The van der Waals surface area contributed by atoms with Crippen LogP contribution in [-0.4, -0.2) is 14.1 Å². The molecule has 0 N–H and O–H groups in total. The number of rotatable bonds is 4. The lowest BCUT2D eigenvalue weighted by Gasteiger charge is -2.13. The lowest BCUT2D eigenvalue weighted by molar-refractivity contribution is 1.17. The van der Waals surface area contributed by atoms with E-state index in [1.165, 1.54) is 60.3 Å². The Hall–Kier alpha value is -5.93. The average Bonchev–Trinajstić information content (AvgIpc) is 3.62. The summed E-state index contributed by atoms with van der Waals surface area (Å²) in [6.07, 6.45) is 3.87. The lowest BCUT2D eigenvalue weighted by Crippen LogP contribution is -1.96. The van der Waals surface area contributed by atoms with E-state index in [1.807, 2.05) is 12.4 Å². The monoisotopic (exact) mass is 561 g/mol. The first-order chi connectivity index (χ1) is 21.9. The van der Waals surface area contributed by atoms with E-state index in [9.17, 15) is 0 Å². The molecule has 0 aliphatic rings. The van der Waals surface area contributed by atoms with Crippen molar-refractivity contribution in [1.82, 2.24) is 14.1 Å². The molecule has 9 rings (SSSR count). The summed E-state index contributed by atoms with van der Waals surface area (Å²) < 4.78 is 4.77. The summed E-state index contributed by atoms with van der Waals surface area (Å²) in [4.78, 5) is 4.53. The van der Waals surface area contributed by atoms with Crippen molar-refractivity contribution in [3.8, 4) is 33.6 Å². The average molecular weight is 562 g/mol. The molecule has 0 saturated heterocycles. The van der Waals surface area contributed by atoms with Crippen LogP contribution in [-0.2, 0) is 0 Å². The zero-order valence-electron chi connectivity index (χ0n) is 23.9. The standard InChI is InChI=1S/C41H27N3/c1-3-11-28(12-4-1)29-21-23-31(24-22-29)43-37-19-8-7-15-36(37)40-33(16-10-20-38(40)43)35-18-9-17-34-32-25-26-42-27-39(32)44(41(34)35)30-13-5-2-6-14-30/h1-27H. The molecule has 0 aliphatic carbocycles. The van der Waals surface area contributed by atoms with Gasteiger partial charge in [0.1, 0.15) is 0 Å². The fourth-order valence-electron chi connectivity index (χ4n) is 6.93. The van der Waals surface area contributed by atoms with Crippen molar-refractivity contribution in [3.63, 3.8) is 0 Å². The number of hydrogen-bond acceptors (Lipinski definition) is 1. The van der Waals surface area contributed by atoms with Gasteiger partial charge in [0.15, 0.2) is 0 Å². The third-order valence-electron chi connectivity index (χ3n) is 8.83. The van der Waals surface area contributed by atoms with E-state index in [0.29, 0.717) is 0 Å². The van der Waals surface area contributed by atoms with Crippen LogP contribution in [0.25, 0.3) is 77.2 Å². The highest BCUT2D eigenvalue weighted by molar-refractivity contribution is 6.20. The van der Waals surface area contributed by atoms with Crippen LogP contribution < -0.4 is 0 Å². The quantitative estimate of drug-likeness (QED) is 0.210. The number of benzene rings is 6. The molecule has 6 aromatic carbocycles. The molecule has 0 unspecified atom stereocenters. The van der Waals surface area contributed by atoms with E-state index >= 15 is 0 Å². The molecule has 9 aromatic rings. The Bertz CT molecular complexity index is 2470. The summed E-state index contributed by atoms with van der Waals surface area (Å²) in [5, 5.41) is 4.92. The zero-order chi connectivity index (χ0) is 29.0. The Balaban J connectivity index is 1.34. The summed E-state index contributed by atoms with van der Waals surface area (Å²) in [6, 6.07) is 54.4. The number of para-hydroxylation sites is 3. The van der Waals surface area contributed by atoms with E-state index < -0.39 is 0 Å². The second kappa shape index (κ2) is 9.82. The summed E-state index contributed by atoms with van der Waals surface area (Å²) in [5.41, 5.74) is 11.8. The number of fused-ring (bicyclic) bond motifs is 6. The molecule has 3 heterocycles. The third-order valence-corrected chi connectivity index (χ3v) is 8.83. The van der Waals surface area contributed by atoms with Crippen LogP contribution in [0.2, 0.25) is 0 Å². The van der Waals surface area contributed by atoms with Gasteiger partial charge in [-0.1, -0.05) is 109 Å². The van der Waals surface area contributed by atoms with Crippen LogP contribution in [0.4, 0.5) is 0 Å². The van der Waals surface area contributed by atoms with E-state index in [-0.39, 0.29) is 0 Å². The maximum atomic E-state index is 4.53. The van der Waals surface area contributed by atoms with Crippen LogP contribution in [0.5, 0.6) is 0 Å². The van der Waals surface area contributed by atoms with Crippen molar-refractivity contribution in [3.05, 3.63) is 164 Å². The molecular formula is C41H27N3. The molecule has 0 fully saturated rings. The van der Waals surface area contributed by atoms with Gasteiger partial charge in [-0.2, -0.15) is 0 Å². The number of aromatic nitrogens is 3. The van der Waals surface area contributed by atoms with Crippen LogP contribution in [0, 0.1) is 0 Å².